The van der Waals surface area contributed by atoms with Gasteiger partial charge in [-0.25, -0.2) is 0 Å². The highest BCUT2D eigenvalue weighted by molar-refractivity contribution is 5.74. The largest absolute Gasteiger partial charge is 0.497 e. The van der Waals surface area contributed by atoms with Crippen LogP contribution in [0.4, 0.5) is 0 Å². The molecule has 0 spiro atoms. The highest BCUT2D eigenvalue weighted by Crippen LogP contribution is 2.24. The summed E-state index contributed by atoms with van der Waals surface area (Å²) in [6, 6.07) is 7.71. The highest BCUT2D eigenvalue weighted by Gasteiger charge is 2.03. The van der Waals surface area contributed by atoms with Gasteiger partial charge in [0.15, 0.2) is 0 Å². The van der Waals surface area contributed by atoms with Gasteiger partial charge in [0.1, 0.15) is 5.75 Å². The number of benzene rings is 1. The lowest BCUT2D eigenvalue weighted by Gasteiger charge is -2.08. The van der Waals surface area contributed by atoms with Crippen LogP contribution in [0.3, 0.4) is 0 Å². The minimum Gasteiger partial charge on any atom is -0.497 e. The first-order valence-electron chi connectivity index (χ1n) is 5.72. The molecule has 0 aliphatic carbocycles. The maximum absolute atomic E-state index is 10.6. The molecule has 92 valence electrons. The van der Waals surface area contributed by atoms with Gasteiger partial charge in [-0.1, -0.05) is 31.6 Å². The number of aliphatic carboxylic acids is 1. The Hall–Kier alpha value is -1.77. The zero-order chi connectivity index (χ0) is 12.7. The van der Waals surface area contributed by atoms with E-state index in [1.807, 2.05) is 24.3 Å². The summed E-state index contributed by atoms with van der Waals surface area (Å²) in [4.78, 5) is 10.6. The van der Waals surface area contributed by atoms with E-state index in [4.69, 9.17) is 9.84 Å². The second-order valence-electron chi connectivity index (χ2n) is 3.81. The molecule has 1 aromatic carbocycles. The van der Waals surface area contributed by atoms with Crippen molar-refractivity contribution >= 4 is 11.5 Å². The molecular formula is C14H18O3. The fraction of sp³-hybridized carbons (Fsp3) is 0.357. The molecule has 0 radical (unpaired) electrons. The number of carboxylic acid groups (broad SMARTS) is 1. The number of rotatable bonds is 6. The minimum absolute atomic E-state index is 0.0620. The second-order valence-corrected chi connectivity index (χ2v) is 3.81. The van der Waals surface area contributed by atoms with E-state index >= 15 is 0 Å². The Kier molecular flexibility index (Phi) is 5.27. The summed E-state index contributed by atoms with van der Waals surface area (Å²) >= 11 is 0. The Morgan fingerprint density at radius 3 is 2.82 bits per heavy atom. The van der Waals surface area contributed by atoms with Crippen molar-refractivity contribution < 1.29 is 14.6 Å². The van der Waals surface area contributed by atoms with Crippen molar-refractivity contribution in [1.82, 2.24) is 0 Å². The van der Waals surface area contributed by atoms with Crippen LogP contribution in [0.5, 0.6) is 5.75 Å². The van der Waals surface area contributed by atoms with E-state index in [2.05, 4.69) is 6.92 Å². The van der Waals surface area contributed by atoms with Crippen molar-refractivity contribution in [2.45, 2.75) is 26.2 Å². The van der Waals surface area contributed by atoms with E-state index < -0.39 is 5.97 Å². The third kappa shape index (κ3) is 4.31. The Balaban J connectivity index is 2.95. The number of methoxy groups -OCH3 is 1. The molecule has 0 aliphatic rings. The smallest absolute Gasteiger partial charge is 0.307 e. The molecule has 0 atom stereocenters. The lowest BCUT2D eigenvalue weighted by Crippen LogP contribution is -1.93. The van der Waals surface area contributed by atoms with Gasteiger partial charge in [-0.05, 0) is 29.7 Å². The van der Waals surface area contributed by atoms with E-state index in [-0.39, 0.29) is 6.42 Å². The van der Waals surface area contributed by atoms with Crippen molar-refractivity contribution in [3.8, 4) is 5.75 Å². The lowest BCUT2D eigenvalue weighted by atomic mass is 10.00. The lowest BCUT2D eigenvalue weighted by molar-refractivity contribution is -0.135. The SMILES string of the molecule is CCC/C(=C\CC(=O)O)c1cccc(OC)c1. The zero-order valence-electron chi connectivity index (χ0n) is 10.3. The first-order valence-corrected chi connectivity index (χ1v) is 5.72. The Bertz CT molecular complexity index is 408. The van der Waals surface area contributed by atoms with Crippen molar-refractivity contribution in [2.75, 3.05) is 7.11 Å². The van der Waals surface area contributed by atoms with Crippen LogP contribution in [0.1, 0.15) is 31.7 Å². The standard InChI is InChI=1S/C14H18O3/c1-3-5-11(8-9-14(15)16)12-6-4-7-13(10-12)17-2/h4,6-8,10H,3,5,9H2,1-2H3,(H,15,16)/b11-8+. The molecule has 0 unspecified atom stereocenters. The van der Waals surface area contributed by atoms with E-state index in [1.54, 1.807) is 13.2 Å². The number of hydrogen-bond acceptors (Lipinski definition) is 2. The third-order valence-electron chi connectivity index (χ3n) is 2.48. The molecule has 0 amide bonds. The van der Waals surface area contributed by atoms with Gasteiger partial charge in [0, 0.05) is 0 Å². The van der Waals surface area contributed by atoms with Crippen LogP contribution in [0.15, 0.2) is 30.3 Å². The topological polar surface area (TPSA) is 46.5 Å². The molecule has 0 aliphatic heterocycles. The van der Waals surface area contributed by atoms with Gasteiger partial charge in [0.05, 0.1) is 13.5 Å². The fourth-order valence-electron chi connectivity index (χ4n) is 1.67. The quantitative estimate of drug-likeness (QED) is 0.821. The van der Waals surface area contributed by atoms with Gasteiger partial charge in [-0.2, -0.15) is 0 Å². The van der Waals surface area contributed by atoms with Crippen LogP contribution < -0.4 is 4.74 Å². The van der Waals surface area contributed by atoms with Gasteiger partial charge in [0.2, 0.25) is 0 Å². The first-order chi connectivity index (χ1) is 8.17. The van der Waals surface area contributed by atoms with Gasteiger partial charge in [-0.15, -0.1) is 0 Å². The Morgan fingerprint density at radius 1 is 1.47 bits per heavy atom. The average Bonchev–Trinajstić information content (AvgIpc) is 2.34. The molecule has 0 aromatic heterocycles. The monoisotopic (exact) mass is 234 g/mol. The number of ether oxygens (including phenoxy) is 1. The second kappa shape index (κ2) is 6.74. The molecule has 0 saturated carbocycles. The van der Waals surface area contributed by atoms with Crippen LogP contribution in [-0.4, -0.2) is 18.2 Å². The zero-order valence-corrected chi connectivity index (χ0v) is 10.3. The molecule has 1 rings (SSSR count). The summed E-state index contributed by atoms with van der Waals surface area (Å²) in [5.74, 6) is -0.0127. The van der Waals surface area contributed by atoms with Gasteiger partial charge >= 0.3 is 5.97 Å². The van der Waals surface area contributed by atoms with Crippen LogP contribution >= 0.6 is 0 Å². The first kappa shape index (κ1) is 13.3. The fourth-order valence-corrected chi connectivity index (χ4v) is 1.67. The number of carbonyl (C=O) groups is 1. The van der Waals surface area contributed by atoms with E-state index in [0.29, 0.717) is 0 Å². The van der Waals surface area contributed by atoms with E-state index in [9.17, 15) is 4.79 Å². The van der Waals surface area contributed by atoms with Crippen LogP contribution in [0, 0.1) is 0 Å². The molecule has 0 fully saturated rings. The molecule has 17 heavy (non-hydrogen) atoms. The molecule has 0 heterocycles. The van der Waals surface area contributed by atoms with Gasteiger partial charge in [0.25, 0.3) is 0 Å². The summed E-state index contributed by atoms with van der Waals surface area (Å²) in [6.07, 6.45) is 3.70. The number of carboxylic acids is 1. The van der Waals surface area contributed by atoms with Gasteiger partial charge in [-0.3, -0.25) is 4.79 Å². The Labute approximate surface area is 102 Å². The van der Waals surface area contributed by atoms with Crippen molar-refractivity contribution in [1.29, 1.82) is 0 Å². The molecule has 1 N–H and O–H groups in total. The van der Waals surface area contributed by atoms with Crippen molar-refractivity contribution in [3.63, 3.8) is 0 Å². The molecule has 1 aromatic rings. The van der Waals surface area contributed by atoms with Crippen LogP contribution in [0.2, 0.25) is 0 Å². The summed E-state index contributed by atoms with van der Waals surface area (Å²) in [5.41, 5.74) is 2.10. The molecule has 3 heteroatoms. The maximum Gasteiger partial charge on any atom is 0.307 e. The van der Waals surface area contributed by atoms with Crippen molar-refractivity contribution in [2.24, 2.45) is 0 Å². The van der Waals surface area contributed by atoms with Gasteiger partial charge < -0.3 is 9.84 Å². The van der Waals surface area contributed by atoms with E-state index in [1.165, 1.54) is 0 Å². The molecule has 0 bridgehead atoms. The van der Waals surface area contributed by atoms with E-state index in [0.717, 1.165) is 29.7 Å². The third-order valence-corrected chi connectivity index (χ3v) is 2.48. The number of hydrogen-bond donors (Lipinski definition) is 1. The summed E-state index contributed by atoms with van der Waals surface area (Å²) < 4.78 is 5.17. The maximum atomic E-state index is 10.6. The summed E-state index contributed by atoms with van der Waals surface area (Å²) in [5, 5.41) is 8.71. The molecule has 0 saturated heterocycles. The average molecular weight is 234 g/mol. The van der Waals surface area contributed by atoms with Crippen LogP contribution in [-0.2, 0) is 4.79 Å². The highest BCUT2D eigenvalue weighted by atomic mass is 16.5. The predicted molar refractivity (Wildman–Crippen MR) is 68.1 cm³/mol. The normalized spacial score (nSPS) is 11.3. The summed E-state index contributed by atoms with van der Waals surface area (Å²) in [6.45, 7) is 2.08. The summed E-state index contributed by atoms with van der Waals surface area (Å²) in [7, 11) is 1.62. The molecular weight excluding hydrogens is 216 g/mol. The number of allylic oxidation sites excluding steroid dienone is 1. The van der Waals surface area contributed by atoms with Crippen molar-refractivity contribution in [3.05, 3.63) is 35.9 Å². The Morgan fingerprint density at radius 2 is 2.24 bits per heavy atom. The molecule has 3 nitrogen and oxygen atoms in total. The minimum atomic E-state index is -0.804. The van der Waals surface area contributed by atoms with Crippen LogP contribution in [0.25, 0.3) is 5.57 Å². The predicted octanol–water partition coefficient (Wildman–Crippen LogP) is 3.35.